The molecule has 0 aromatic heterocycles. The van der Waals surface area contributed by atoms with Crippen LogP contribution in [0.1, 0.15) is 20.3 Å². The van der Waals surface area contributed by atoms with E-state index in [2.05, 4.69) is 34.1 Å². The normalized spacial score (nSPS) is 22.1. The molecule has 2 aromatic carbocycles. The minimum atomic E-state index is -0.774. The standard InChI is InChI=1S/C27H34N2O6S/c1-19-25(35-20(2)30)26(36-24-18-22(32-3)10-11-23(24)34-19)27(31)33-17-7-12-28-13-15-29(16-14-28)21-8-5-4-6-9-21/h4-6,8-11,18-19,25-26H,7,12-17H2,1-3H3/t19?,25-,26+/m0/s1. The number of hydrogen-bond acceptors (Lipinski definition) is 9. The summed E-state index contributed by atoms with van der Waals surface area (Å²) in [6.45, 7) is 8.21. The number of anilines is 1. The number of benzene rings is 2. The van der Waals surface area contributed by atoms with Gasteiger partial charge in [-0.25, -0.2) is 0 Å². The van der Waals surface area contributed by atoms with E-state index < -0.39 is 29.4 Å². The molecule has 0 spiro atoms. The molecule has 1 saturated heterocycles. The molecule has 1 unspecified atom stereocenters. The second kappa shape index (κ2) is 12.4. The highest BCUT2D eigenvalue weighted by Crippen LogP contribution is 2.41. The minimum absolute atomic E-state index is 0.307. The number of para-hydroxylation sites is 1. The highest BCUT2D eigenvalue weighted by atomic mass is 32.2. The lowest BCUT2D eigenvalue weighted by atomic mass is 10.1. The van der Waals surface area contributed by atoms with Crippen LogP contribution in [0, 0.1) is 0 Å². The van der Waals surface area contributed by atoms with Crippen LogP contribution in [-0.4, -0.2) is 80.7 Å². The van der Waals surface area contributed by atoms with Crippen molar-refractivity contribution in [2.24, 2.45) is 0 Å². The SMILES string of the molecule is COc1ccc2c(c1)S[C@@H](C(=O)OCCCN1CCN(c3ccccc3)CC1)[C@@H](OC(C)=O)C(C)O2. The van der Waals surface area contributed by atoms with E-state index in [0.29, 0.717) is 18.1 Å². The molecule has 0 aliphatic carbocycles. The molecule has 36 heavy (non-hydrogen) atoms. The van der Waals surface area contributed by atoms with E-state index in [1.165, 1.54) is 24.4 Å². The smallest absolute Gasteiger partial charge is 0.323 e. The molecule has 2 heterocycles. The van der Waals surface area contributed by atoms with E-state index in [1.54, 1.807) is 26.2 Å². The number of carbonyl (C=O) groups is 2. The Labute approximate surface area is 216 Å². The van der Waals surface area contributed by atoms with E-state index in [9.17, 15) is 9.59 Å². The Morgan fingerprint density at radius 2 is 1.83 bits per heavy atom. The predicted molar refractivity (Wildman–Crippen MR) is 139 cm³/mol. The fourth-order valence-electron chi connectivity index (χ4n) is 4.47. The molecule has 4 rings (SSSR count). The van der Waals surface area contributed by atoms with E-state index in [-0.39, 0.29) is 0 Å². The fraction of sp³-hybridized carbons (Fsp3) is 0.481. The van der Waals surface area contributed by atoms with Gasteiger partial charge in [0, 0.05) is 45.3 Å². The van der Waals surface area contributed by atoms with Crippen molar-refractivity contribution >= 4 is 29.4 Å². The number of piperazine rings is 1. The van der Waals surface area contributed by atoms with Gasteiger partial charge in [-0.1, -0.05) is 18.2 Å². The molecule has 0 radical (unpaired) electrons. The number of methoxy groups -OCH3 is 1. The first kappa shape index (κ1) is 26.2. The number of thioether (sulfide) groups is 1. The number of nitrogens with zero attached hydrogens (tertiary/aromatic N) is 2. The second-order valence-electron chi connectivity index (χ2n) is 8.93. The van der Waals surface area contributed by atoms with E-state index >= 15 is 0 Å². The zero-order valence-electron chi connectivity index (χ0n) is 21.1. The zero-order valence-corrected chi connectivity index (χ0v) is 21.9. The maximum absolute atomic E-state index is 13.2. The molecule has 3 atom stereocenters. The summed E-state index contributed by atoms with van der Waals surface area (Å²) in [6, 6.07) is 15.9. The Morgan fingerprint density at radius 1 is 1.08 bits per heavy atom. The molecule has 194 valence electrons. The number of hydrogen-bond donors (Lipinski definition) is 0. The summed E-state index contributed by atoms with van der Waals surface area (Å²) < 4.78 is 22.5. The van der Waals surface area contributed by atoms with Crippen molar-refractivity contribution in [3.05, 3.63) is 48.5 Å². The summed E-state index contributed by atoms with van der Waals surface area (Å²) in [5.41, 5.74) is 1.26. The van der Waals surface area contributed by atoms with E-state index in [1.807, 2.05) is 12.1 Å². The Kier molecular flexibility index (Phi) is 8.98. The number of fused-ring (bicyclic) bond motifs is 1. The number of esters is 2. The molecular weight excluding hydrogens is 480 g/mol. The quantitative estimate of drug-likeness (QED) is 0.388. The summed E-state index contributed by atoms with van der Waals surface area (Å²) in [5, 5.41) is -0.744. The highest BCUT2D eigenvalue weighted by molar-refractivity contribution is 8.00. The van der Waals surface area contributed by atoms with Gasteiger partial charge in [-0.2, -0.15) is 0 Å². The molecule has 0 N–H and O–H groups in total. The summed E-state index contributed by atoms with van der Waals surface area (Å²) in [5.74, 6) is 0.400. The van der Waals surface area contributed by atoms with Crippen molar-refractivity contribution in [2.75, 3.05) is 51.3 Å². The van der Waals surface area contributed by atoms with Crippen molar-refractivity contribution in [3.63, 3.8) is 0 Å². The maximum atomic E-state index is 13.2. The molecule has 0 saturated carbocycles. The predicted octanol–water partition coefficient (Wildman–Crippen LogP) is 3.62. The van der Waals surface area contributed by atoms with Crippen LogP contribution in [0.3, 0.4) is 0 Å². The topological polar surface area (TPSA) is 77.5 Å². The summed E-state index contributed by atoms with van der Waals surface area (Å²) in [6.07, 6.45) is -0.553. The molecular formula is C27H34N2O6S. The van der Waals surface area contributed by atoms with Crippen molar-refractivity contribution in [3.8, 4) is 11.5 Å². The van der Waals surface area contributed by atoms with Crippen LogP contribution in [0.2, 0.25) is 0 Å². The number of rotatable bonds is 8. The zero-order chi connectivity index (χ0) is 25.5. The number of ether oxygens (including phenoxy) is 4. The molecule has 0 bridgehead atoms. The van der Waals surface area contributed by atoms with Crippen LogP contribution in [0.15, 0.2) is 53.4 Å². The lowest BCUT2D eigenvalue weighted by Crippen LogP contribution is -2.47. The van der Waals surface area contributed by atoms with Gasteiger partial charge >= 0.3 is 11.9 Å². The van der Waals surface area contributed by atoms with Gasteiger partial charge in [-0.15, -0.1) is 11.8 Å². The van der Waals surface area contributed by atoms with Crippen LogP contribution in [-0.2, 0) is 19.1 Å². The van der Waals surface area contributed by atoms with E-state index in [4.69, 9.17) is 18.9 Å². The molecule has 2 aliphatic rings. The first-order chi connectivity index (χ1) is 17.4. The van der Waals surface area contributed by atoms with Gasteiger partial charge in [0.25, 0.3) is 0 Å². The Bertz CT molecular complexity index is 1030. The maximum Gasteiger partial charge on any atom is 0.323 e. The molecule has 0 amide bonds. The fourth-order valence-corrected chi connectivity index (χ4v) is 5.73. The molecule has 1 fully saturated rings. The van der Waals surface area contributed by atoms with Gasteiger partial charge in [-0.3, -0.25) is 14.5 Å². The third-order valence-electron chi connectivity index (χ3n) is 6.37. The van der Waals surface area contributed by atoms with Gasteiger partial charge in [0.15, 0.2) is 6.10 Å². The monoisotopic (exact) mass is 514 g/mol. The molecule has 2 aromatic rings. The Morgan fingerprint density at radius 3 is 2.53 bits per heavy atom. The van der Waals surface area contributed by atoms with Crippen molar-refractivity contribution < 1.29 is 28.5 Å². The summed E-state index contributed by atoms with van der Waals surface area (Å²) in [7, 11) is 1.58. The van der Waals surface area contributed by atoms with Gasteiger partial charge < -0.3 is 23.8 Å². The lowest BCUT2D eigenvalue weighted by molar-refractivity contribution is -0.156. The van der Waals surface area contributed by atoms with Gasteiger partial charge in [-0.05, 0) is 43.7 Å². The first-order valence-electron chi connectivity index (χ1n) is 12.3. The third-order valence-corrected chi connectivity index (χ3v) is 7.66. The van der Waals surface area contributed by atoms with Crippen LogP contribution < -0.4 is 14.4 Å². The van der Waals surface area contributed by atoms with Gasteiger partial charge in [0.1, 0.15) is 22.9 Å². The summed E-state index contributed by atoms with van der Waals surface area (Å²) in [4.78, 5) is 30.5. The lowest BCUT2D eigenvalue weighted by Gasteiger charge is -2.36. The average Bonchev–Trinajstić information content (AvgIpc) is 3.02. The Hall–Kier alpha value is -2.91. The van der Waals surface area contributed by atoms with E-state index in [0.717, 1.165) is 44.0 Å². The largest absolute Gasteiger partial charge is 0.497 e. The summed E-state index contributed by atoms with van der Waals surface area (Å²) >= 11 is 1.28. The van der Waals surface area contributed by atoms with Gasteiger partial charge in [0.05, 0.1) is 18.6 Å². The minimum Gasteiger partial charge on any atom is -0.497 e. The third kappa shape index (κ3) is 6.64. The Balaban J connectivity index is 1.30. The van der Waals surface area contributed by atoms with Crippen molar-refractivity contribution in [1.82, 2.24) is 4.90 Å². The van der Waals surface area contributed by atoms with Crippen LogP contribution >= 0.6 is 11.8 Å². The van der Waals surface area contributed by atoms with Crippen LogP contribution in [0.25, 0.3) is 0 Å². The average molecular weight is 515 g/mol. The molecule has 2 aliphatic heterocycles. The molecule has 9 heteroatoms. The van der Waals surface area contributed by atoms with Crippen LogP contribution in [0.5, 0.6) is 11.5 Å². The highest BCUT2D eigenvalue weighted by Gasteiger charge is 2.41. The second-order valence-corrected chi connectivity index (χ2v) is 10.1. The van der Waals surface area contributed by atoms with Gasteiger partial charge in [0.2, 0.25) is 0 Å². The van der Waals surface area contributed by atoms with Crippen molar-refractivity contribution in [2.45, 2.75) is 42.6 Å². The number of carbonyl (C=O) groups excluding carboxylic acids is 2. The van der Waals surface area contributed by atoms with Crippen LogP contribution in [0.4, 0.5) is 5.69 Å². The van der Waals surface area contributed by atoms with Crippen molar-refractivity contribution in [1.29, 1.82) is 0 Å². The first-order valence-corrected chi connectivity index (χ1v) is 13.2. The molecule has 8 nitrogen and oxygen atoms in total.